The molecular weight excluding hydrogens is 294 g/mol. The van der Waals surface area contributed by atoms with Gasteiger partial charge in [-0.1, -0.05) is 6.07 Å². The van der Waals surface area contributed by atoms with Crippen LogP contribution in [0, 0.1) is 11.3 Å². The van der Waals surface area contributed by atoms with Crippen molar-refractivity contribution in [1.29, 1.82) is 5.26 Å². The number of carbonyl (C=O) groups is 1. The van der Waals surface area contributed by atoms with Gasteiger partial charge in [0.05, 0.1) is 17.2 Å². The van der Waals surface area contributed by atoms with Crippen LogP contribution in [0.2, 0.25) is 0 Å². The summed E-state index contributed by atoms with van der Waals surface area (Å²) in [6.45, 7) is -0.0244. The lowest BCUT2D eigenvalue weighted by molar-refractivity contribution is 0.0493. The molecule has 0 fully saturated rings. The Bertz CT molecular complexity index is 650. The smallest absolute Gasteiger partial charge is 0.338 e. The largest absolute Gasteiger partial charge is 0.461 e. The molecule has 21 heavy (non-hydrogen) atoms. The number of hydrogen-bond acceptors (Lipinski definition) is 5. The van der Waals surface area contributed by atoms with Gasteiger partial charge in [0.25, 0.3) is 10.2 Å². The van der Waals surface area contributed by atoms with E-state index in [-0.39, 0.29) is 18.7 Å². The molecule has 0 unspecified atom stereocenters. The third kappa shape index (κ3) is 4.53. The fourth-order valence-corrected chi connectivity index (χ4v) is 2.32. The Hall–Kier alpha value is -1.95. The Balaban J connectivity index is 2.57. The number of rotatable bonds is 6. The summed E-state index contributed by atoms with van der Waals surface area (Å²) >= 11 is 0. The summed E-state index contributed by atoms with van der Waals surface area (Å²) in [5.41, 5.74) is 0.615. The lowest BCUT2D eigenvalue weighted by Crippen LogP contribution is -2.39. The highest BCUT2D eigenvalue weighted by atomic mass is 32.2. The zero-order chi connectivity index (χ0) is 16.0. The van der Waals surface area contributed by atoms with Crippen LogP contribution in [0.15, 0.2) is 24.3 Å². The highest BCUT2D eigenvalue weighted by Crippen LogP contribution is 2.06. The molecule has 0 heterocycles. The summed E-state index contributed by atoms with van der Waals surface area (Å²) in [7, 11) is 0.728. The minimum atomic E-state index is -3.52. The van der Waals surface area contributed by atoms with Crippen LogP contribution >= 0.6 is 0 Å². The second-order valence-electron chi connectivity index (χ2n) is 4.44. The lowest BCUT2D eigenvalue weighted by Gasteiger charge is -2.21. The minimum absolute atomic E-state index is 0.0458. The Morgan fingerprint density at radius 2 is 2.00 bits per heavy atom. The van der Waals surface area contributed by atoms with Gasteiger partial charge in [-0.25, -0.2) is 4.79 Å². The van der Waals surface area contributed by atoms with Gasteiger partial charge in [-0.05, 0) is 18.2 Å². The highest BCUT2D eigenvalue weighted by molar-refractivity contribution is 7.86. The number of nitrogens with zero attached hydrogens (tertiary/aromatic N) is 3. The Kier molecular flexibility index (Phi) is 5.84. The van der Waals surface area contributed by atoms with Gasteiger partial charge in [0.2, 0.25) is 0 Å². The first-order chi connectivity index (χ1) is 9.78. The number of esters is 1. The van der Waals surface area contributed by atoms with Gasteiger partial charge in [-0.2, -0.15) is 22.3 Å². The van der Waals surface area contributed by atoms with E-state index in [2.05, 4.69) is 0 Å². The zero-order valence-corrected chi connectivity index (χ0v) is 12.9. The molecule has 1 rings (SSSR count). The molecule has 8 heteroatoms. The van der Waals surface area contributed by atoms with Crippen molar-refractivity contribution in [3.8, 4) is 6.07 Å². The Morgan fingerprint density at radius 3 is 2.57 bits per heavy atom. The third-order valence-electron chi connectivity index (χ3n) is 2.72. The third-order valence-corrected chi connectivity index (χ3v) is 4.62. The quantitative estimate of drug-likeness (QED) is 0.712. The average Bonchev–Trinajstić information content (AvgIpc) is 2.46. The van der Waals surface area contributed by atoms with E-state index in [1.807, 2.05) is 6.07 Å². The molecular formula is C13H17N3O4S. The molecule has 114 valence electrons. The topological polar surface area (TPSA) is 90.7 Å². The predicted octanol–water partition coefficient (Wildman–Crippen LogP) is 0.453. The molecule has 0 saturated carbocycles. The summed E-state index contributed by atoms with van der Waals surface area (Å²) in [5, 5.41) is 8.75. The highest BCUT2D eigenvalue weighted by Gasteiger charge is 2.20. The fourth-order valence-electron chi connectivity index (χ4n) is 1.46. The van der Waals surface area contributed by atoms with Gasteiger partial charge in [0.15, 0.2) is 0 Å². The summed E-state index contributed by atoms with van der Waals surface area (Å²) < 4.78 is 30.6. The van der Waals surface area contributed by atoms with E-state index in [0.29, 0.717) is 5.56 Å². The molecule has 0 spiro atoms. The van der Waals surface area contributed by atoms with E-state index >= 15 is 0 Å². The van der Waals surface area contributed by atoms with E-state index in [1.54, 1.807) is 12.1 Å². The molecule has 0 aromatic heterocycles. The van der Waals surface area contributed by atoms with Crippen LogP contribution in [0.5, 0.6) is 0 Å². The summed E-state index contributed by atoms with van der Waals surface area (Å²) in [4.78, 5) is 11.8. The maximum atomic E-state index is 11.8. The molecule has 0 aliphatic rings. The molecule has 0 radical (unpaired) electrons. The van der Waals surface area contributed by atoms with Crippen molar-refractivity contribution in [2.75, 3.05) is 34.3 Å². The maximum absolute atomic E-state index is 11.8. The first-order valence-electron chi connectivity index (χ1n) is 6.10. The Morgan fingerprint density at radius 1 is 1.33 bits per heavy atom. The monoisotopic (exact) mass is 311 g/mol. The molecule has 0 aliphatic carbocycles. The van der Waals surface area contributed by atoms with Crippen molar-refractivity contribution >= 4 is 16.2 Å². The first-order valence-corrected chi connectivity index (χ1v) is 7.50. The van der Waals surface area contributed by atoms with Crippen molar-refractivity contribution < 1.29 is 17.9 Å². The minimum Gasteiger partial charge on any atom is -0.461 e. The van der Waals surface area contributed by atoms with Crippen LogP contribution in [-0.2, 0) is 14.9 Å². The zero-order valence-electron chi connectivity index (χ0n) is 12.1. The fraction of sp³-hybridized carbons (Fsp3) is 0.385. The van der Waals surface area contributed by atoms with Gasteiger partial charge in [-0.15, -0.1) is 0 Å². The predicted molar refractivity (Wildman–Crippen MR) is 76.7 cm³/mol. The summed E-state index contributed by atoms with van der Waals surface area (Å²) in [6.07, 6.45) is 0. The van der Waals surface area contributed by atoms with Crippen molar-refractivity contribution in [3.05, 3.63) is 35.4 Å². The van der Waals surface area contributed by atoms with Crippen molar-refractivity contribution in [2.24, 2.45) is 0 Å². The van der Waals surface area contributed by atoms with E-state index in [9.17, 15) is 13.2 Å². The van der Waals surface area contributed by atoms with E-state index in [0.717, 1.165) is 8.61 Å². The maximum Gasteiger partial charge on any atom is 0.338 e. The van der Waals surface area contributed by atoms with Gasteiger partial charge >= 0.3 is 5.97 Å². The van der Waals surface area contributed by atoms with E-state index in [4.69, 9.17) is 10.00 Å². The lowest BCUT2D eigenvalue weighted by atomic mass is 10.1. The van der Waals surface area contributed by atoms with Crippen LogP contribution in [0.25, 0.3) is 0 Å². The number of likely N-dealkylation sites (N-methyl/N-ethyl adjacent to an activating group) is 1. The number of hydrogen-bond donors (Lipinski definition) is 0. The molecule has 7 nitrogen and oxygen atoms in total. The van der Waals surface area contributed by atoms with Crippen LogP contribution < -0.4 is 0 Å². The molecule has 0 aliphatic heterocycles. The van der Waals surface area contributed by atoms with Crippen LogP contribution in [0.3, 0.4) is 0 Å². The van der Waals surface area contributed by atoms with E-state index in [1.165, 1.54) is 33.3 Å². The van der Waals surface area contributed by atoms with Crippen LogP contribution in [0.4, 0.5) is 0 Å². The van der Waals surface area contributed by atoms with Gasteiger partial charge in [0, 0.05) is 27.7 Å². The number of ether oxygens (including phenoxy) is 1. The molecule has 0 atom stereocenters. The van der Waals surface area contributed by atoms with Crippen molar-refractivity contribution in [3.63, 3.8) is 0 Å². The van der Waals surface area contributed by atoms with Gasteiger partial charge in [0.1, 0.15) is 6.61 Å². The van der Waals surface area contributed by atoms with Crippen LogP contribution in [-0.4, -0.2) is 57.3 Å². The molecule has 0 saturated heterocycles. The van der Waals surface area contributed by atoms with Gasteiger partial charge < -0.3 is 4.74 Å². The average molecular weight is 311 g/mol. The Labute approximate surface area is 124 Å². The normalized spacial score (nSPS) is 11.4. The number of carbonyl (C=O) groups excluding carboxylic acids is 1. The molecule has 1 aromatic rings. The standard InChI is InChI=1S/C13H17N3O4S/c1-15(2)21(18,19)16(3)7-8-20-13(17)12-6-4-5-11(9-12)10-14/h4-6,9H,7-8H2,1-3H3. The SMILES string of the molecule is CN(C)S(=O)(=O)N(C)CCOC(=O)c1cccc(C#N)c1. The summed E-state index contributed by atoms with van der Waals surface area (Å²) in [6, 6.07) is 8.04. The number of benzene rings is 1. The second-order valence-corrected chi connectivity index (χ2v) is 6.69. The van der Waals surface area contributed by atoms with Crippen molar-refractivity contribution in [1.82, 2.24) is 8.61 Å². The summed E-state index contributed by atoms with van der Waals surface area (Å²) in [5.74, 6) is -0.595. The number of nitriles is 1. The van der Waals surface area contributed by atoms with Gasteiger partial charge in [-0.3, -0.25) is 0 Å². The van der Waals surface area contributed by atoms with Crippen molar-refractivity contribution in [2.45, 2.75) is 0 Å². The molecule has 0 N–H and O–H groups in total. The second kappa shape index (κ2) is 7.17. The first kappa shape index (κ1) is 17.1. The molecule has 0 amide bonds. The van der Waals surface area contributed by atoms with Crippen LogP contribution in [0.1, 0.15) is 15.9 Å². The molecule has 0 bridgehead atoms. The van der Waals surface area contributed by atoms with E-state index < -0.39 is 16.2 Å². The molecule has 1 aromatic carbocycles.